The van der Waals surface area contributed by atoms with Gasteiger partial charge in [0, 0.05) is 21.7 Å². The number of thioether (sulfide) groups is 1. The van der Waals surface area contributed by atoms with Gasteiger partial charge in [-0.15, -0.1) is 11.8 Å². The Bertz CT molecular complexity index is 553. The molecule has 0 aliphatic heterocycles. The summed E-state index contributed by atoms with van der Waals surface area (Å²) in [7, 11) is 0. The van der Waals surface area contributed by atoms with Crippen LogP contribution in [0.3, 0.4) is 0 Å². The first-order valence-corrected chi connectivity index (χ1v) is 7.72. The lowest BCUT2D eigenvalue weighted by atomic mass is 10.1. The lowest BCUT2D eigenvalue weighted by molar-refractivity contribution is 0.817. The standard InChI is InChI=1S/C15H15Cl2NS/c1-10(18)12-4-7-15(14(17)8-12)19-9-11-2-5-13(16)6-3-11/h2-8,10H,9,18H2,1H3/t10-/m0/s1. The van der Waals surface area contributed by atoms with Crippen molar-refractivity contribution in [1.29, 1.82) is 0 Å². The van der Waals surface area contributed by atoms with Crippen molar-refractivity contribution in [2.24, 2.45) is 5.73 Å². The zero-order valence-corrected chi connectivity index (χ0v) is 12.9. The highest BCUT2D eigenvalue weighted by atomic mass is 35.5. The number of rotatable bonds is 4. The molecule has 0 aromatic heterocycles. The van der Waals surface area contributed by atoms with Crippen molar-refractivity contribution in [1.82, 2.24) is 0 Å². The van der Waals surface area contributed by atoms with E-state index in [1.54, 1.807) is 11.8 Å². The first-order valence-electron chi connectivity index (χ1n) is 5.98. The summed E-state index contributed by atoms with van der Waals surface area (Å²) in [6.07, 6.45) is 0. The number of hydrogen-bond acceptors (Lipinski definition) is 2. The van der Waals surface area contributed by atoms with E-state index in [2.05, 4.69) is 0 Å². The van der Waals surface area contributed by atoms with E-state index >= 15 is 0 Å². The third-order valence-corrected chi connectivity index (χ3v) is 4.61. The van der Waals surface area contributed by atoms with Gasteiger partial charge in [-0.2, -0.15) is 0 Å². The molecule has 1 atom stereocenters. The van der Waals surface area contributed by atoms with Gasteiger partial charge in [-0.3, -0.25) is 0 Å². The molecular formula is C15H15Cl2NS. The minimum absolute atomic E-state index is 0.00724. The van der Waals surface area contributed by atoms with Gasteiger partial charge in [0.1, 0.15) is 0 Å². The summed E-state index contributed by atoms with van der Waals surface area (Å²) in [5.41, 5.74) is 8.11. The molecule has 100 valence electrons. The summed E-state index contributed by atoms with van der Waals surface area (Å²) >= 11 is 13.8. The molecule has 0 aliphatic carbocycles. The second-order valence-electron chi connectivity index (χ2n) is 4.39. The van der Waals surface area contributed by atoms with Crippen molar-refractivity contribution < 1.29 is 0 Å². The molecule has 0 radical (unpaired) electrons. The molecule has 19 heavy (non-hydrogen) atoms. The minimum Gasteiger partial charge on any atom is -0.324 e. The van der Waals surface area contributed by atoms with Crippen LogP contribution < -0.4 is 5.73 Å². The van der Waals surface area contributed by atoms with Gasteiger partial charge >= 0.3 is 0 Å². The van der Waals surface area contributed by atoms with Gasteiger partial charge in [0.15, 0.2) is 0 Å². The molecule has 1 nitrogen and oxygen atoms in total. The number of benzene rings is 2. The highest BCUT2D eigenvalue weighted by molar-refractivity contribution is 7.98. The van der Waals surface area contributed by atoms with Gasteiger partial charge in [-0.05, 0) is 42.3 Å². The predicted molar refractivity (Wildman–Crippen MR) is 85.1 cm³/mol. The summed E-state index contributed by atoms with van der Waals surface area (Å²) in [4.78, 5) is 1.07. The molecule has 0 spiro atoms. The van der Waals surface area contributed by atoms with Crippen LogP contribution in [0.2, 0.25) is 10.0 Å². The van der Waals surface area contributed by atoms with Crippen molar-refractivity contribution in [3.8, 4) is 0 Å². The highest BCUT2D eigenvalue weighted by Crippen LogP contribution is 2.31. The van der Waals surface area contributed by atoms with Crippen LogP contribution in [0.15, 0.2) is 47.4 Å². The molecule has 0 heterocycles. The average molecular weight is 312 g/mol. The van der Waals surface area contributed by atoms with Gasteiger partial charge in [0.05, 0.1) is 5.02 Å². The summed E-state index contributed by atoms with van der Waals surface area (Å²) in [5, 5.41) is 1.52. The van der Waals surface area contributed by atoms with Crippen LogP contribution in [0.4, 0.5) is 0 Å². The van der Waals surface area contributed by atoms with Crippen LogP contribution in [-0.4, -0.2) is 0 Å². The van der Waals surface area contributed by atoms with E-state index in [1.807, 2.05) is 49.4 Å². The zero-order chi connectivity index (χ0) is 13.8. The average Bonchev–Trinajstić information content (AvgIpc) is 2.39. The molecule has 0 bridgehead atoms. The van der Waals surface area contributed by atoms with Crippen molar-refractivity contribution >= 4 is 35.0 Å². The number of halogens is 2. The van der Waals surface area contributed by atoms with E-state index in [0.29, 0.717) is 0 Å². The molecule has 2 N–H and O–H groups in total. The molecule has 0 saturated carbocycles. The lowest BCUT2D eigenvalue weighted by Crippen LogP contribution is -2.04. The van der Waals surface area contributed by atoms with Gasteiger partial charge in [-0.25, -0.2) is 0 Å². The highest BCUT2D eigenvalue weighted by Gasteiger charge is 2.06. The number of nitrogens with two attached hydrogens (primary N) is 1. The minimum atomic E-state index is 0.00724. The van der Waals surface area contributed by atoms with Crippen LogP contribution in [0.1, 0.15) is 24.1 Å². The molecule has 2 rings (SSSR count). The molecule has 2 aromatic rings. The fraction of sp³-hybridized carbons (Fsp3) is 0.200. The lowest BCUT2D eigenvalue weighted by Gasteiger charge is -2.09. The maximum atomic E-state index is 6.27. The Morgan fingerprint density at radius 2 is 1.79 bits per heavy atom. The van der Waals surface area contributed by atoms with Crippen molar-refractivity contribution in [2.75, 3.05) is 0 Å². The Labute approximate surface area is 128 Å². The summed E-state index contributed by atoms with van der Waals surface area (Å²) in [6, 6.07) is 13.9. The molecule has 0 aliphatic rings. The maximum absolute atomic E-state index is 6.27. The second kappa shape index (κ2) is 6.67. The molecule has 0 amide bonds. The Balaban J connectivity index is 2.05. The summed E-state index contributed by atoms with van der Waals surface area (Å²) < 4.78 is 0. The van der Waals surface area contributed by atoms with Crippen LogP contribution in [0, 0.1) is 0 Å². The van der Waals surface area contributed by atoms with Crippen molar-refractivity contribution in [3.63, 3.8) is 0 Å². The Morgan fingerprint density at radius 3 is 2.37 bits per heavy atom. The van der Waals surface area contributed by atoms with Gasteiger partial charge in [0.25, 0.3) is 0 Å². The van der Waals surface area contributed by atoms with E-state index in [-0.39, 0.29) is 6.04 Å². The summed E-state index contributed by atoms with van der Waals surface area (Å²) in [5.74, 6) is 0.869. The van der Waals surface area contributed by atoms with Crippen LogP contribution in [0.25, 0.3) is 0 Å². The third kappa shape index (κ3) is 4.15. The van der Waals surface area contributed by atoms with Crippen molar-refractivity contribution in [2.45, 2.75) is 23.6 Å². The van der Waals surface area contributed by atoms with Crippen LogP contribution in [0.5, 0.6) is 0 Å². The Kier molecular flexibility index (Phi) is 5.17. The fourth-order valence-electron chi connectivity index (χ4n) is 1.66. The first kappa shape index (κ1) is 14.7. The predicted octanol–water partition coefficient (Wildman–Crippen LogP) is 5.31. The monoisotopic (exact) mass is 311 g/mol. The normalized spacial score (nSPS) is 12.4. The largest absolute Gasteiger partial charge is 0.324 e. The van der Waals surface area contributed by atoms with E-state index in [4.69, 9.17) is 28.9 Å². The van der Waals surface area contributed by atoms with Gasteiger partial charge < -0.3 is 5.73 Å². The van der Waals surface area contributed by atoms with E-state index in [0.717, 1.165) is 26.3 Å². The Hall–Kier alpha value is -0.670. The molecule has 4 heteroatoms. The van der Waals surface area contributed by atoms with Crippen LogP contribution in [-0.2, 0) is 5.75 Å². The summed E-state index contributed by atoms with van der Waals surface area (Å²) in [6.45, 7) is 1.95. The maximum Gasteiger partial charge on any atom is 0.0545 e. The smallest absolute Gasteiger partial charge is 0.0545 e. The SMILES string of the molecule is C[C@H](N)c1ccc(SCc2ccc(Cl)cc2)c(Cl)c1. The van der Waals surface area contributed by atoms with Gasteiger partial charge in [-0.1, -0.05) is 41.4 Å². The Morgan fingerprint density at radius 1 is 1.11 bits per heavy atom. The molecule has 0 saturated heterocycles. The third-order valence-electron chi connectivity index (χ3n) is 2.79. The zero-order valence-electron chi connectivity index (χ0n) is 10.6. The van der Waals surface area contributed by atoms with E-state index in [9.17, 15) is 0 Å². The van der Waals surface area contributed by atoms with E-state index < -0.39 is 0 Å². The molecule has 2 aromatic carbocycles. The molecular weight excluding hydrogens is 297 g/mol. The number of hydrogen-bond donors (Lipinski definition) is 1. The van der Waals surface area contributed by atoms with Gasteiger partial charge in [0.2, 0.25) is 0 Å². The van der Waals surface area contributed by atoms with Crippen LogP contribution >= 0.6 is 35.0 Å². The quantitative estimate of drug-likeness (QED) is 0.775. The molecule has 0 unspecified atom stereocenters. The topological polar surface area (TPSA) is 26.0 Å². The molecule has 0 fully saturated rings. The van der Waals surface area contributed by atoms with Crippen molar-refractivity contribution in [3.05, 3.63) is 63.6 Å². The first-order chi connectivity index (χ1) is 9.06. The fourth-order valence-corrected chi connectivity index (χ4v) is 3.01. The van der Waals surface area contributed by atoms with E-state index in [1.165, 1.54) is 5.56 Å². The second-order valence-corrected chi connectivity index (χ2v) is 6.25.